The maximum absolute atomic E-state index is 12.2. The number of benzene rings is 1. The van der Waals surface area contributed by atoms with Crippen LogP contribution in [0.25, 0.3) is 0 Å². The van der Waals surface area contributed by atoms with Gasteiger partial charge in [-0.3, -0.25) is 9.59 Å². The topological polar surface area (TPSA) is 83.8 Å². The Kier molecular flexibility index (Phi) is 6.89. The molecule has 1 aromatic carbocycles. The molecule has 22 heavy (non-hydrogen) atoms. The number of rotatable bonds is 8. The van der Waals surface area contributed by atoms with Crippen LogP contribution in [0.3, 0.4) is 0 Å². The van der Waals surface area contributed by atoms with Crippen LogP contribution in [0.5, 0.6) is 11.5 Å². The van der Waals surface area contributed by atoms with Crippen molar-refractivity contribution in [1.29, 1.82) is 0 Å². The van der Waals surface area contributed by atoms with E-state index in [0.29, 0.717) is 25.7 Å². The van der Waals surface area contributed by atoms with E-state index < -0.39 is 0 Å². The molecule has 0 fully saturated rings. The number of phenols is 2. The van der Waals surface area contributed by atoms with Gasteiger partial charge >= 0.3 is 5.97 Å². The molecular formula is C17H24O5. The highest BCUT2D eigenvalue weighted by molar-refractivity contribution is 5.82. The van der Waals surface area contributed by atoms with Gasteiger partial charge in [0, 0.05) is 12.3 Å². The zero-order chi connectivity index (χ0) is 16.7. The first-order valence-corrected chi connectivity index (χ1v) is 7.50. The number of hydrogen-bond acceptors (Lipinski definition) is 5. The molecule has 5 heteroatoms. The van der Waals surface area contributed by atoms with Crippen molar-refractivity contribution >= 4 is 11.8 Å². The van der Waals surface area contributed by atoms with Gasteiger partial charge in [-0.05, 0) is 37.0 Å². The first-order chi connectivity index (χ1) is 10.4. The van der Waals surface area contributed by atoms with Gasteiger partial charge in [-0.1, -0.05) is 19.9 Å². The zero-order valence-corrected chi connectivity index (χ0v) is 13.3. The SMILES string of the molecule is CCC(CC(C)C(=O)CCc1ccc(O)c(O)c1)C(=O)OC. The number of ether oxygens (including phenoxy) is 1. The number of carbonyl (C=O) groups is 2. The lowest BCUT2D eigenvalue weighted by Crippen LogP contribution is -2.22. The molecule has 122 valence electrons. The van der Waals surface area contributed by atoms with Gasteiger partial charge in [0.25, 0.3) is 0 Å². The highest BCUT2D eigenvalue weighted by Gasteiger charge is 2.23. The fourth-order valence-corrected chi connectivity index (χ4v) is 2.39. The van der Waals surface area contributed by atoms with E-state index in [1.54, 1.807) is 6.07 Å². The van der Waals surface area contributed by atoms with Gasteiger partial charge in [0.15, 0.2) is 11.5 Å². The van der Waals surface area contributed by atoms with Gasteiger partial charge in [-0.2, -0.15) is 0 Å². The maximum Gasteiger partial charge on any atom is 0.308 e. The Morgan fingerprint density at radius 2 is 1.91 bits per heavy atom. The van der Waals surface area contributed by atoms with E-state index in [1.807, 2.05) is 13.8 Å². The van der Waals surface area contributed by atoms with Gasteiger partial charge in [0.05, 0.1) is 13.0 Å². The normalized spacial score (nSPS) is 13.4. The highest BCUT2D eigenvalue weighted by Crippen LogP contribution is 2.26. The zero-order valence-electron chi connectivity index (χ0n) is 13.3. The Morgan fingerprint density at radius 1 is 1.23 bits per heavy atom. The number of aromatic hydroxyl groups is 2. The van der Waals surface area contributed by atoms with Crippen LogP contribution < -0.4 is 0 Å². The first kappa shape index (κ1) is 18.0. The smallest absolute Gasteiger partial charge is 0.308 e. The Bertz CT molecular complexity index is 524. The number of carbonyl (C=O) groups excluding carboxylic acids is 2. The molecule has 0 spiro atoms. The van der Waals surface area contributed by atoms with Crippen molar-refractivity contribution in [2.24, 2.45) is 11.8 Å². The molecule has 2 unspecified atom stereocenters. The van der Waals surface area contributed by atoms with Crippen molar-refractivity contribution in [3.05, 3.63) is 23.8 Å². The quantitative estimate of drug-likeness (QED) is 0.570. The molecule has 1 aromatic rings. The molecule has 0 amide bonds. The number of Topliss-reactive ketones (excluding diaryl/α,β-unsaturated/α-hetero) is 1. The third kappa shape index (κ3) is 5.06. The summed E-state index contributed by atoms with van der Waals surface area (Å²) in [4.78, 5) is 23.7. The van der Waals surface area contributed by atoms with E-state index in [4.69, 9.17) is 4.74 Å². The van der Waals surface area contributed by atoms with E-state index in [0.717, 1.165) is 5.56 Å². The standard InChI is InChI=1S/C17H24O5/c1-4-13(17(21)22-3)9-11(2)14(18)7-5-12-6-8-15(19)16(20)10-12/h6,8,10-11,13,19-20H,4-5,7,9H2,1-3H3. The predicted molar refractivity (Wildman–Crippen MR) is 82.7 cm³/mol. The number of methoxy groups -OCH3 is 1. The fraction of sp³-hybridized carbons (Fsp3) is 0.529. The summed E-state index contributed by atoms with van der Waals surface area (Å²) >= 11 is 0. The molecule has 0 saturated carbocycles. The molecule has 0 aliphatic heterocycles. The summed E-state index contributed by atoms with van der Waals surface area (Å²) in [5.41, 5.74) is 0.788. The predicted octanol–water partition coefficient (Wildman–Crippen LogP) is 2.82. The van der Waals surface area contributed by atoms with Crippen molar-refractivity contribution in [2.75, 3.05) is 7.11 Å². The largest absolute Gasteiger partial charge is 0.504 e. The monoisotopic (exact) mass is 308 g/mol. The van der Waals surface area contributed by atoms with Crippen LogP contribution >= 0.6 is 0 Å². The summed E-state index contributed by atoms with van der Waals surface area (Å²) in [7, 11) is 1.36. The van der Waals surface area contributed by atoms with Gasteiger partial charge in [-0.15, -0.1) is 0 Å². The molecule has 0 saturated heterocycles. The Morgan fingerprint density at radius 3 is 2.45 bits per heavy atom. The number of phenolic OH excluding ortho intramolecular Hbond substituents is 2. The average Bonchev–Trinajstić information content (AvgIpc) is 2.52. The van der Waals surface area contributed by atoms with Crippen molar-refractivity contribution in [2.45, 2.75) is 39.5 Å². The summed E-state index contributed by atoms with van der Waals surface area (Å²) in [5, 5.41) is 18.7. The van der Waals surface area contributed by atoms with Gasteiger partial charge < -0.3 is 14.9 Å². The average molecular weight is 308 g/mol. The second kappa shape index (κ2) is 8.41. The van der Waals surface area contributed by atoms with Crippen molar-refractivity contribution in [1.82, 2.24) is 0 Å². The summed E-state index contributed by atoms with van der Waals surface area (Å²) in [5.74, 6) is -1.01. The van der Waals surface area contributed by atoms with Crippen molar-refractivity contribution in [3.8, 4) is 11.5 Å². The van der Waals surface area contributed by atoms with E-state index in [9.17, 15) is 19.8 Å². The lowest BCUT2D eigenvalue weighted by Gasteiger charge is -2.17. The lowest BCUT2D eigenvalue weighted by molar-refractivity contribution is -0.146. The molecular weight excluding hydrogens is 284 g/mol. The third-order valence-corrected chi connectivity index (χ3v) is 3.91. The van der Waals surface area contributed by atoms with E-state index in [2.05, 4.69) is 0 Å². The Balaban J connectivity index is 2.53. The number of aryl methyl sites for hydroxylation is 1. The second-order valence-corrected chi connectivity index (χ2v) is 5.55. The fourth-order valence-electron chi connectivity index (χ4n) is 2.39. The molecule has 0 aliphatic carbocycles. The van der Waals surface area contributed by atoms with Crippen LogP contribution in [0.15, 0.2) is 18.2 Å². The second-order valence-electron chi connectivity index (χ2n) is 5.55. The van der Waals surface area contributed by atoms with Crippen molar-refractivity contribution in [3.63, 3.8) is 0 Å². The van der Waals surface area contributed by atoms with E-state index in [-0.39, 0.29) is 35.1 Å². The van der Waals surface area contributed by atoms with Crippen LogP contribution in [0, 0.1) is 11.8 Å². The molecule has 2 N–H and O–H groups in total. The minimum atomic E-state index is -0.273. The summed E-state index contributed by atoms with van der Waals surface area (Å²) in [6.07, 6.45) is 1.97. The van der Waals surface area contributed by atoms with Gasteiger partial charge in [-0.25, -0.2) is 0 Å². The van der Waals surface area contributed by atoms with Gasteiger partial charge in [0.1, 0.15) is 5.78 Å². The molecule has 0 aromatic heterocycles. The minimum absolute atomic E-state index is 0.0786. The molecule has 0 aliphatic rings. The van der Waals surface area contributed by atoms with E-state index in [1.165, 1.54) is 19.2 Å². The molecule has 0 radical (unpaired) electrons. The highest BCUT2D eigenvalue weighted by atomic mass is 16.5. The van der Waals surface area contributed by atoms with Crippen LogP contribution in [0.4, 0.5) is 0 Å². The third-order valence-electron chi connectivity index (χ3n) is 3.91. The van der Waals surface area contributed by atoms with Crippen LogP contribution in [0.1, 0.15) is 38.7 Å². The van der Waals surface area contributed by atoms with E-state index >= 15 is 0 Å². The molecule has 2 atom stereocenters. The van der Waals surface area contributed by atoms with Crippen LogP contribution in [0.2, 0.25) is 0 Å². The van der Waals surface area contributed by atoms with Gasteiger partial charge in [0.2, 0.25) is 0 Å². The lowest BCUT2D eigenvalue weighted by atomic mass is 9.89. The number of hydrogen-bond donors (Lipinski definition) is 2. The number of esters is 1. The van der Waals surface area contributed by atoms with Crippen LogP contribution in [-0.2, 0) is 20.7 Å². The number of ketones is 1. The van der Waals surface area contributed by atoms with Crippen LogP contribution in [-0.4, -0.2) is 29.1 Å². The van der Waals surface area contributed by atoms with Crippen molar-refractivity contribution < 1.29 is 24.5 Å². The summed E-state index contributed by atoms with van der Waals surface area (Å²) in [6, 6.07) is 4.54. The summed E-state index contributed by atoms with van der Waals surface area (Å²) in [6.45, 7) is 3.72. The molecule has 0 heterocycles. The molecule has 0 bridgehead atoms. The molecule has 1 rings (SSSR count). The Hall–Kier alpha value is -2.04. The summed E-state index contributed by atoms with van der Waals surface area (Å²) < 4.78 is 4.74. The maximum atomic E-state index is 12.2. The minimum Gasteiger partial charge on any atom is -0.504 e. The Labute approximate surface area is 130 Å². The first-order valence-electron chi connectivity index (χ1n) is 7.50. The molecule has 5 nitrogen and oxygen atoms in total.